The third-order valence-corrected chi connectivity index (χ3v) is 5.77. The SMILES string of the molecule is CCCCC/C=C\CCCCCCCC(=O)OC(COC(=O)CCCCCC)COP(=O)(O)O. The van der Waals surface area contributed by atoms with Crippen LogP contribution < -0.4 is 0 Å². The van der Waals surface area contributed by atoms with E-state index in [4.69, 9.17) is 19.3 Å². The third kappa shape index (κ3) is 23.9. The van der Waals surface area contributed by atoms with Gasteiger partial charge in [-0.05, 0) is 38.5 Å². The molecule has 0 aliphatic heterocycles. The van der Waals surface area contributed by atoms with Crippen LogP contribution in [0.5, 0.6) is 0 Å². The maximum atomic E-state index is 12.1. The Kier molecular flexibility index (Phi) is 21.5. The van der Waals surface area contributed by atoms with E-state index in [1.54, 1.807) is 0 Å². The van der Waals surface area contributed by atoms with Crippen LogP contribution in [0.15, 0.2) is 12.2 Å². The number of phosphoric acid groups is 1. The lowest BCUT2D eigenvalue weighted by Crippen LogP contribution is -2.29. The summed E-state index contributed by atoms with van der Waals surface area (Å²) in [5.74, 6) is -0.919. The van der Waals surface area contributed by atoms with E-state index in [2.05, 4.69) is 30.5 Å². The quantitative estimate of drug-likeness (QED) is 0.0708. The van der Waals surface area contributed by atoms with Crippen molar-refractivity contribution in [2.45, 2.75) is 123 Å². The second-order valence-corrected chi connectivity index (χ2v) is 9.90. The number of phosphoric ester groups is 1. The first-order valence-corrected chi connectivity index (χ1v) is 14.5. The number of unbranched alkanes of at least 4 members (excludes halogenated alkanes) is 11. The molecule has 0 amide bonds. The minimum Gasteiger partial charge on any atom is -0.462 e. The average molecular weight is 507 g/mol. The van der Waals surface area contributed by atoms with Gasteiger partial charge in [0.1, 0.15) is 6.61 Å². The van der Waals surface area contributed by atoms with Crippen molar-refractivity contribution in [1.29, 1.82) is 0 Å². The molecule has 1 atom stereocenters. The Morgan fingerprint density at radius 1 is 0.735 bits per heavy atom. The number of hydrogen-bond acceptors (Lipinski definition) is 6. The van der Waals surface area contributed by atoms with Crippen molar-refractivity contribution in [3.63, 3.8) is 0 Å². The van der Waals surface area contributed by atoms with Crippen molar-refractivity contribution in [1.82, 2.24) is 0 Å². The van der Waals surface area contributed by atoms with E-state index in [0.29, 0.717) is 12.8 Å². The normalized spacial score (nSPS) is 12.7. The van der Waals surface area contributed by atoms with E-state index < -0.39 is 32.5 Å². The summed E-state index contributed by atoms with van der Waals surface area (Å²) in [6, 6.07) is 0. The molecule has 0 rings (SSSR count). The van der Waals surface area contributed by atoms with Gasteiger partial charge in [-0.1, -0.05) is 77.4 Å². The van der Waals surface area contributed by atoms with Gasteiger partial charge < -0.3 is 19.3 Å². The molecule has 0 aromatic carbocycles. The van der Waals surface area contributed by atoms with Crippen molar-refractivity contribution in [3.05, 3.63) is 12.2 Å². The molecule has 0 heterocycles. The van der Waals surface area contributed by atoms with Crippen molar-refractivity contribution < 1.29 is 37.9 Å². The zero-order chi connectivity index (χ0) is 25.5. The van der Waals surface area contributed by atoms with Gasteiger partial charge in [0.05, 0.1) is 6.61 Å². The molecule has 0 fully saturated rings. The van der Waals surface area contributed by atoms with Crippen LogP contribution in [0.1, 0.15) is 117 Å². The molecule has 34 heavy (non-hydrogen) atoms. The molecular weight excluding hydrogens is 459 g/mol. The van der Waals surface area contributed by atoms with Gasteiger partial charge in [-0.3, -0.25) is 14.1 Å². The fourth-order valence-electron chi connectivity index (χ4n) is 3.31. The minimum atomic E-state index is -4.72. The largest absolute Gasteiger partial charge is 0.469 e. The Bertz CT molecular complexity index is 587. The predicted molar refractivity (Wildman–Crippen MR) is 133 cm³/mol. The van der Waals surface area contributed by atoms with Gasteiger partial charge in [-0.2, -0.15) is 0 Å². The lowest BCUT2D eigenvalue weighted by atomic mass is 10.1. The number of allylic oxidation sites excluding steroid dienone is 2. The molecule has 0 aromatic heterocycles. The number of esters is 2. The summed E-state index contributed by atoms with van der Waals surface area (Å²) >= 11 is 0. The van der Waals surface area contributed by atoms with Gasteiger partial charge in [-0.15, -0.1) is 0 Å². The summed E-state index contributed by atoms with van der Waals surface area (Å²) in [5, 5.41) is 0. The summed E-state index contributed by atoms with van der Waals surface area (Å²) in [6.07, 6.45) is 18.6. The number of carbonyl (C=O) groups is 2. The van der Waals surface area contributed by atoms with Crippen LogP contribution in [0.25, 0.3) is 0 Å². The van der Waals surface area contributed by atoms with Gasteiger partial charge in [0.15, 0.2) is 6.10 Å². The highest BCUT2D eigenvalue weighted by Crippen LogP contribution is 2.35. The Morgan fingerprint density at radius 2 is 1.24 bits per heavy atom. The van der Waals surface area contributed by atoms with E-state index in [0.717, 1.165) is 57.8 Å². The molecule has 8 nitrogen and oxygen atoms in total. The first-order valence-electron chi connectivity index (χ1n) is 13.0. The highest BCUT2D eigenvalue weighted by Gasteiger charge is 2.22. The molecule has 2 N–H and O–H groups in total. The number of hydrogen-bond donors (Lipinski definition) is 2. The van der Waals surface area contributed by atoms with Crippen LogP contribution in [0.4, 0.5) is 0 Å². The lowest BCUT2D eigenvalue weighted by molar-refractivity contribution is -0.161. The lowest BCUT2D eigenvalue weighted by Gasteiger charge is -2.18. The van der Waals surface area contributed by atoms with Gasteiger partial charge in [0, 0.05) is 12.8 Å². The maximum absolute atomic E-state index is 12.1. The first kappa shape index (κ1) is 32.8. The second kappa shape index (κ2) is 22.3. The molecule has 200 valence electrons. The van der Waals surface area contributed by atoms with Gasteiger partial charge in [0.2, 0.25) is 0 Å². The molecule has 0 aliphatic carbocycles. The molecule has 0 bridgehead atoms. The Morgan fingerprint density at radius 3 is 1.85 bits per heavy atom. The van der Waals surface area contributed by atoms with Gasteiger partial charge in [0.25, 0.3) is 0 Å². The van der Waals surface area contributed by atoms with E-state index in [1.165, 1.54) is 19.3 Å². The molecule has 0 aliphatic rings. The molecule has 0 saturated heterocycles. The minimum absolute atomic E-state index is 0.203. The molecule has 0 spiro atoms. The smallest absolute Gasteiger partial charge is 0.462 e. The van der Waals surface area contributed by atoms with Crippen LogP contribution in [0, 0.1) is 0 Å². The first-order chi connectivity index (χ1) is 16.3. The number of ether oxygens (including phenoxy) is 2. The summed E-state index contributed by atoms with van der Waals surface area (Å²) in [7, 11) is -4.72. The Labute approximate surface area is 206 Å². The molecule has 9 heteroatoms. The standard InChI is InChI=1S/C25H47O8P/c1-3-5-7-9-10-11-12-13-14-15-16-18-20-25(27)33-23(22-32-34(28,29)30)21-31-24(26)19-17-8-6-4-2/h10-11,23H,3-9,12-22H2,1-2H3,(H2,28,29,30)/b11-10-. The maximum Gasteiger partial charge on any atom is 0.469 e. The topological polar surface area (TPSA) is 119 Å². The van der Waals surface area contributed by atoms with Gasteiger partial charge in [-0.25, -0.2) is 4.57 Å². The molecule has 0 radical (unpaired) electrons. The molecule has 1 unspecified atom stereocenters. The van der Waals surface area contributed by atoms with Crippen LogP contribution in [0.3, 0.4) is 0 Å². The Balaban J connectivity index is 4.08. The zero-order valence-corrected chi connectivity index (χ0v) is 22.1. The predicted octanol–water partition coefficient (Wildman–Crippen LogP) is 6.39. The third-order valence-electron chi connectivity index (χ3n) is 5.28. The zero-order valence-electron chi connectivity index (χ0n) is 21.3. The number of rotatable bonds is 23. The van der Waals surface area contributed by atoms with Crippen molar-refractivity contribution in [3.8, 4) is 0 Å². The summed E-state index contributed by atoms with van der Waals surface area (Å²) < 4.78 is 25.8. The molecular formula is C25H47O8P. The molecule has 0 aromatic rings. The summed E-state index contributed by atoms with van der Waals surface area (Å²) in [4.78, 5) is 41.8. The highest BCUT2D eigenvalue weighted by molar-refractivity contribution is 7.46. The van der Waals surface area contributed by atoms with Crippen LogP contribution in [0.2, 0.25) is 0 Å². The molecule has 0 saturated carbocycles. The monoisotopic (exact) mass is 506 g/mol. The fraction of sp³-hybridized carbons (Fsp3) is 0.840. The summed E-state index contributed by atoms with van der Waals surface area (Å²) in [5.41, 5.74) is 0. The second-order valence-electron chi connectivity index (χ2n) is 8.67. The van der Waals surface area contributed by atoms with Crippen LogP contribution in [-0.4, -0.2) is 41.0 Å². The average Bonchev–Trinajstić information content (AvgIpc) is 2.78. The Hall–Kier alpha value is -1.21. The van der Waals surface area contributed by atoms with Gasteiger partial charge >= 0.3 is 19.8 Å². The van der Waals surface area contributed by atoms with E-state index in [-0.39, 0.29) is 19.4 Å². The van der Waals surface area contributed by atoms with Crippen molar-refractivity contribution in [2.24, 2.45) is 0 Å². The highest BCUT2D eigenvalue weighted by atomic mass is 31.2. The number of carbonyl (C=O) groups excluding carboxylic acids is 2. The van der Waals surface area contributed by atoms with E-state index >= 15 is 0 Å². The van der Waals surface area contributed by atoms with E-state index in [1.807, 2.05) is 0 Å². The fourth-order valence-corrected chi connectivity index (χ4v) is 3.67. The van der Waals surface area contributed by atoms with Crippen LogP contribution in [-0.2, 0) is 28.2 Å². The van der Waals surface area contributed by atoms with E-state index in [9.17, 15) is 14.2 Å². The van der Waals surface area contributed by atoms with Crippen LogP contribution >= 0.6 is 7.82 Å². The van der Waals surface area contributed by atoms with Crippen molar-refractivity contribution in [2.75, 3.05) is 13.2 Å². The summed E-state index contributed by atoms with van der Waals surface area (Å²) in [6.45, 7) is 3.46. The van der Waals surface area contributed by atoms with Crippen molar-refractivity contribution >= 4 is 19.8 Å².